The van der Waals surface area contributed by atoms with Crippen LogP contribution in [0.2, 0.25) is 0 Å². The zero-order chi connectivity index (χ0) is 14.2. The average molecular weight is 279 g/mol. The molecular weight excluding hydrogens is 258 g/mol. The fourth-order valence-electron chi connectivity index (χ4n) is 2.55. The van der Waals surface area contributed by atoms with Crippen molar-refractivity contribution in [3.8, 4) is 0 Å². The minimum atomic E-state index is -0.176. The lowest BCUT2D eigenvalue weighted by molar-refractivity contribution is -0.0279. The van der Waals surface area contributed by atoms with Crippen LogP contribution >= 0.6 is 12.2 Å². The van der Waals surface area contributed by atoms with Crippen molar-refractivity contribution >= 4 is 23.0 Å². The number of rotatable bonds is 2. The predicted molar refractivity (Wildman–Crippen MR) is 81.8 cm³/mol. The molecule has 1 aliphatic heterocycles. The first-order valence-electron chi connectivity index (χ1n) is 6.47. The second-order valence-electron chi connectivity index (χ2n) is 5.67. The molecule has 0 bridgehead atoms. The van der Waals surface area contributed by atoms with Gasteiger partial charge < -0.3 is 15.4 Å². The highest BCUT2D eigenvalue weighted by Crippen LogP contribution is 2.27. The molecule has 0 radical (unpaired) electrons. The molecule has 5 heteroatoms. The Hall–Kier alpha value is -1.20. The second kappa shape index (κ2) is 5.06. The number of pyridine rings is 1. The maximum Gasteiger partial charge on any atom is 0.139 e. The normalized spacial score (nSPS) is 18.4. The summed E-state index contributed by atoms with van der Waals surface area (Å²) in [6.07, 6.45) is 0. The third kappa shape index (κ3) is 3.04. The summed E-state index contributed by atoms with van der Waals surface area (Å²) in [6.45, 7) is 10.5. The molecule has 2 N–H and O–H groups in total. The van der Waals surface area contributed by atoms with Crippen molar-refractivity contribution in [2.24, 2.45) is 5.73 Å². The number of ether oxygens (including phenoxy) is 1. The van der Waals surface area contributed by atoms with Crippen LogP contribution in [-0.2, 0) is 4.74 Å². The van der Waals surface area contributed by atoms with Crippen LogP contribution in [0, 0.1) is 13.8 Å². The molecule has 1 saturated heterocycles. The number of aromatic nitrogens is 1. The van der Waals surface area contributed by atoms with Crippen molar-refractivity contribution in [3.05, 3.63) is 22.9 Å². The fourth-order valence-corrected chi connectivity index (χ4v) is 2.80. The van der Waals surface area contributed by atoms with E-state index in [1.54, 1.807) is 0 Å². The second-order valence-corrected chi connectivity index (χ2v) is 6.11. The van der Waals surface area contributed by atoms with Crippen LogP contribution in [0.4, 0.5) is 5.82 Å². The van der Waals surface area contributed by atoms with E-state index < -0.39 is 0 Å². The highest BCUT2D eigenvalue weighted by Gasteiger charge is 2.29. The van der Waals surface area contributed by atoms with Crippen molar-refractivity contribution < 1.29 is 4.74 Å². The first-order chi connectivity index (χ1) is 8.80. The quantitative estimate of drug-likeness (QED) is 0.839. The molecular formula is C14H21N3OS. The molecule has 104 valence electrons. The number of anilines is 1. The smallest absolute Gasteiger partial charge is 0.139 e. The van der Waals surface area contributed by atoms with Crippen LogP contribution in [0.1, 0.15) is 30.7 Å². The molecule has 0 spiro atoms. The Balaban J connectivity index is 2.46. The monoisotopic (exact) mass is 279 g/mol. The van der Waals surface area contributed by atoms with Crippen molar-refractivity contribution in [1.29, 1.82) is 0 Å². The van der Waals surface area contributed by atoms with Crippen molar-refractivity contribution in [1.82, 2.24) is 4.98 Å². The number of thiocarbonyl (C=S) groups is 1. The Morgan fingerprint density at radius 1 is 1.47 bits per heavy atom. The van der Waals surface area contributed by atoms with Crippen molar-refractivity contribution in [3.63, 3.8) is 0 Å². The van der Waals surface area contributed by atoms with Crippen LogP contribution in [-0.4, -0.2) is 35.3 Å². The zero-order valence-corrected chi connectivity index (χ0v) is 12.8. The van der Waals surface area contributed by atoms with E-state index in [0.29, 0.717) is 11.6 Å². The summed E-state index contributed by atoms with van der Waals surface area (Å²) in [5, 5.41) is 0. The Morgan fingerprint density at radius 3 is 2.74 bits per heavy atom. The summed E-state index contributed by atoms with van der Waals surface area (Å²) >= 11 is 5.19. The van der Waals surface area contributed by atoms with Gasteiger partial charge in [-0.2, -0.15) is 0 Å². The van der Waals surface area contributed by atoms with Gasteiger partial charge >= 0.3 is 0 Å². The third-order valence-electron chi connectivity index (χ3n) is 3.30. The summed E-state index contributed by atoms with van der Waals surface area (Å²) in [5.74, 6) is 0.890. The maximum atomic E-state index is 5.87. The Kier molecular flexibility index (Phi) is 3.78. The molecule has 1 aromatic heterocycles. The Morgan fingerprint density at radius 2 is 2.16 bits per heavy atom. The summed E-state index contributed by atoms with van der Waals surface area (Å²) in [5.41, 5.74) is 8.65. The number of hydrogen-bond acceptors (Lipinski definition) is 4. The van der Waals surface area contributed by atoms with E-state index in [9.17, 15) is 0 Å². The number of morpholine rings is 1. The average Bonchev–Trinajstić information content (AvgIpc) is 2.25. The van der Waals surface area contributed by atoms with E-state index in [4.69, 9.17) is 22.7 Å². The minimum Gasteiger partial charge on any atom is -0.389 e. The van der Waals surface area contributed by atoms with Crippen molar-refractivity contribution in [2.75, 3.05) is 24.6 Å². The third-order valence-corrected chi connectivity index (χ3v) is 3.50. The number of nitrogens with two attached hydrogens (primary N) is 1. The van der Waals surface area contributed by atoms with E-state index in [0.717, 1.165) is 35.7 Å². The Labute approximate surface area is 120 Å². The van der Waals surface area contributed by atoms with Crippen LogP contribution < -0.4 is 10.6 Å². The van der Waals surface area contributed by atoms with Gasteiger partial charge in [0, 0.05) is 18.8 Å². The molecule has 1 aliphatic rings. The van der Waals surface area contributed by atoms with E-state index >= 15 is 0 Å². The highest BCUT2D eigenvalue weighted by molar-refractivity contribution is 7.80. The van der Waals surface area contributed by atoms with Crippen LogP contribution in [0.25, 0.3) is 0 Å². The largest absolute Gasteiger partial charge is 0.389 e. The van der Waals surface area contributed by atoms with Gasteiger partial charge in [0.15, 0.2) is 0 Å². The van der Waals surface area contributed by atoms with Gasteiger partial charge in [-0.1, -0.05) is 12.2 Å². The van der Waals surface area contributed by atoms with Gasteiger partial charge in [0.1, 0.15) is 10.8 Å². The van der Waals surface area contributed by atoms with Gasteiger partial charge in [-0.05, 0) is 39.3 Å². The molecule has 1 fully saturated rings. The molecule has 0 amide bonds. The molecule has 0 aliphatic carbocycles. The number of aryl methyl sites for hydroxylation is 2. The first kappa shape index (κ1) is 14.2. The lowest BCUT2D eigenvalue weighted by atomic mass is 10.0. The van der Waals surface area contributed by atoms with Crippen LogP contribution in [0.5, 0.6) is 0 Å². The SMILES string of the molecule is Cc1cc(C)c(C(N)=S)c(N2CCOC(C)(C)C2)n1. The van der Waals surface area contributed by atoms with Gasteiger partial charge in [-0.25, -0.2) is 4.98 Å². The molecule has 0 atom stereocenters. The van der Waals surface area contributed by atoms with Crippen molar-refractivity contribution in [2.45, 2.75) is 33.3 Å². The number of hydrogen-bond donors (Lipinski definition) is 1. The minimum absolute atomic E-state index is 0.176. The fraction of sp³-hybridized carbons (Fsp3) is 0.571. The molecule has 2 heterocycles. The summed E-state index contributed by atoms with van der Waals surface area (Å²) in [4.78, 5) is 7.27. The van der Waals surface area contributed by atoms with Crippen LogP contribution in [0.3, 0.4) is 0 Å². The molecule has 4 nitrogen and oxygen atoms in total. The van der Waals surface area contributed by atoms with E-state index in [2.05, 4.69) is 23.7 Å². The zero-order valence-electron chi connectivity index (χ0n) is 12.0. The summed E-state index contributed by atoms with van der Waals surface area (Å²) in [7, 11) is 0. The van der Waals surface area contributed by atoms with E-state index in [1.807, 2.05) is 19.9 Å². The maximum absolute atomic E-state index is 5.87. The molecule has 0 unspecified atom stereocenters. The van der Waals surface area contributed by atoms with Gasteiger partial charge in [0.25, 0.3) is 0 Å². The molecule has 0 saturated carbocycles. The molecule has 19 heavy (non-hydrogen) atoms. The molecule has 1 aromatic rings. The first-order valence-corrected chi connectivity index (χ1v) is 6.88. The number of nitrogens with zero attached hydrogens (tertiary/aromatic N) is 2. The summed E-state index contributed by atoms with van der Waals surface area (Å²) < 4.78 is 5.74. The highest BCUT2D eigenvalue weighted by atomic mass is 32.1. The predicted octanol–water partition coefficient (Wildman–Crippen LogP) is 1.95. The van der Waals surface area contributed by atoms with Gasteiger partial charge in [0.05, 0.1) is 17.8 Å². The topological polar surface area (TPSA) is 51.4 Å². The van der Waals surface area contributed by atoms with Crippen LogP contribution in [0.15, 0.2) is 6.07 Å². The lowest BCUT2D eigenvalue weighted by Gasteiger charge is -2.39. The van der Waals surface area contributed by atoms with E-state index in [1.165, 1.54) is 0 Å². The molecule has 0 aromatic carbocycles. The van der Waals surface area contributed by atoms with Gasteiger partial charge in [-0.3, -0.25) is 0 Å². The summed E-state index contributed by atoms with van der Waals surface area (Å²) in [6, 6.07) is 2.02. The lowest BCUT2D eigenvalue weighted by Crippen LogP contribution is -2.49. The standard InChI is InChI=1S/C14H21N3OS/c1-9-7-10(2)16-13(11(9)12(15)19)17-5-6-18-14(3,4)8-17/h7H,5-6,8H2,1-4H3,(H2,15,19). The van der Waals surface area contributed by atoms with Gasteiger partial charge in [-0.15, -0.1) is 0 Å². The Bertz CT molecular complexity index is 514. The van der Waals surface area contributed by atoms with E-state index in [-0.39, 0.29) is 5.60 Å². The van der Waals surface area contributed by atoms with Gasteiger partial charge in [0.2, 0.25) is 0 Å². The molecule has 2 rings (SSSR count).